The van der Waals surface area contributed by atoms with E-state index in [9.17, 15) is 0 Å². The van der Waals surface area contributed by atoms with Gasteiger partial charge in [-0.3, -0.25) is 0 Å². The third kappa shape index (κ3) is 3.83. The maximum absolute atomic E-state index is 6.30. The topological polar surface area (TPSA) is 15.7 Å². The van der Waals surface area contributed by atoms with Crippen molar-refractivity contribution >= 4 is 11.6 Å². The zero-order valence-electron chi connectivity index (χ0n) is 15.2. The van der Waals surface area contributed by atoms with Crippen molar-refractivity contribution in [3.63, 3.8) is 0 Å². The number of morpholine rings is 1. The Hall–Kier alpha value is -1.19. The molecule has 0 saturated carbocycles. The van der Waals surface area contributed by atoms with Gasteiger partial charge in [-0.25, -0.2) is 0 Å². The van der Waals surface area contributed by atoms with Crippen molar-refractivity contribution in [2.75, 3.05) is 26.2 Å². The number of rotatable bonds is 4. The number of piperidine rings is 1. The first kappa shape index (κ1) is 17.2. The Morgan fingerprint density at radius 1 is 1.16 bits per heavy atom. The lowest BCUT2D eigenvalue weighted by Gasteiger charge is -2.45. The SMILES string of the molecule is CC1CCN(CCCN2C3=CCCC=C3OC3C=CC(Cl)=CC32)CC1. The molecule has 0 radical (unpaired) electrons. The molecule has 0 spiro atoms. The number of hydrogen-bond acceptors (Lipinski definition) is 3. The Balaban J connectivity index is 1.42. The number of hydrogen-bond donors (Lipinski definition) is 0. The number of ether oxygens (including phenoxy) is 1. The first-order valence-corrected chi connectivity index (χ1v) is 10.2. The zero-order chi connectivity index (χ0) is 17.2. The van der Waals surface area contributed by atoms with Gasteiger partial charge in [-0.05, 0) is 82.0 Å². The number of allylic oxidation sites excluding steroid dienone is 4. The van der Waals surface area contributed by atoms with Gasteiger partial charge >= 0.3 is 0 Å². The highest BCUT2D eigenvalue weighted by Crippen LogP contribution is 2.36. The van der Waals surface area contributed by atoms with Gasteiger partial charge < -0.3 is 14.5 Å². The van der Waals surface area contributed by atoms with Gasteiger partial charge in [0, 0.05) is 11.6 Å². The summed E-state index contributed by atoms with van der Waals surface area (Å²) in [6, 6.07) is 0.223. The van der Waals surface area contributed by atoms with Gasteiger partial charge in [-0.2, -0.15) is 0 Å². The highest BCUT2D eigenvalue weighted by Gasteiger charge is 2.37. The molecule has 0 aromatic carbocycles. The molecular weight excluding hydrogens is 332 g/mol. The molecule has 0 aromatic rings. The lowest BCUT2D eigenvalue weighted by Crippen LogP contribution is -2.49. The first-order valence-electron chi connectivity index (χ1n) is 9.82. The van der Waals surface area contributed by atoms with Gasteiger partial charge in [0.05, 0.1) is 11.7 Å². The largest absolute Gasteiger partial charge is 0.482 e. The smallest absolute Gasteiger partial charge is 0.141 e. The average Bonchev–Trinajstić information content (AvgIpc) is 2.63. The summed E-state index contributed by atoms with van der Waals surface area (Å²) in [5.74, 6) is 1.97. The third-order valence-corrected chi connectivity index (χ3v) is 6.13. The van der Waals surface area contributed by atoms with Crippen LogP contribution in [0, 0.1) is 5.92 Å². The van der Waals surface area contributed by atoms with E-state index < -0.39 is 0 Å². The van der Waals surface area contributed by atoms with Crippen molar-refractivity contribution < 1.29 is 4.74 Å². The number of nitrogens with zero attached hydrogens (tertiary/aromatic N) is 2. The van der Waals surface area contributed by atoms with Gasteiger partial charge in [-0.1, -0.05) is 24.6 Å². The number of fused-ring (bicyclic) bond motifs is 2. The number of likely N-dealkylation sites (tertiary alicyclic amines) is 1. The minimum Gasteiger partial charge on any atom is -0.482 e. The Bertz CT molecular complexity index is 613. The molecule has 2 heterocycles. The van der Waals surface area contributed by atoms with Gasteiger partial charge in [0.1, 0.15) is 11.9 Å². The summed E-state index contributed by atoms with van der Waals surface area (Å²) in [5.41, 5.74) is 1.27. The van der Waals surface area contributed by atoms with Gasteiger partial charge in [0.25, 0.3) is 0 Å². The van der Waals surface area contributed by atoms with E-state index in [-0.39, 0.29) is 12.1 Å². The summed E-state index contributed by atoms with van der Waals surface area (Å²) in [5, 5.41) is 0.823. The molecule has 0 bridgehead atoms. The monoisotopic (exact) mass is 360 g/mol. The highest BCUT2D eigenvalue weighted by atomic mass is 35.5. The van der Waals surface area contributed by atoms with E-state index in [2.05, 4.69) is 41.0 Å². The van der Waals surface area contributed by atoms with Gasteiger partial charge in [-0.15, -0.1) is 0 Å². The molecule has 2 unspecified atom stereocenters. The molecule has 4 aliphatic rings. The van der Waals surface area contributed by atoms with E-state index in [0.717, 1.165) is 36.1 Å². The molecule has 4 heteroatoms. The number of halogens is 1. The summed E-state index contributed by atoms with van der Waals surface area (Å²) >= 11 is 6.30. The fourth-order valence-corrected chi connectivity index (χ4v) is 4.53. The summed E-state index contributed by atoms with van der Waals surface area (Å²) < 4.78 is 6.23. The predicted molar refractivity (Wildman–Crippen MR) is 103 cm³/mol. The van der Waals surface area contributed by atoms with E-state index in [1.54, 1.807) is 0 Å². The van der Waals surface area contributed by atoms with Crippen LogP contribution in [-0.2, 0) is 4.74 Å². The first-order chi connectivity index (χ1) is 12.2. The van der Waals surface area contributed by atoms with Crippen LogP contribution in [0.4, 0.5) is 0 Å². The molecule has 25 heavy (non-hydrogen) atoms. The van der Waals surface area contributed by atoms with Crippen molar-refractivity contribution in [1.82, 2.24) is 9.80 Å². The lowest BCUT2D eigenvalue weighted by atomic mass is 9.96. The molecule has 2 aliphatic carbocycles. The van der Waals surface area contributed by atoms with Crippen LogP contribution in [0.25, 0.3) is 0 Å². The van der Waals surface area contributed by atoms with Crippen molar-refractivity contribution in [3.8, 4) is 0 Å². The second kappa shape index (κ2) is 7.59. The van der Waals surface area contributed by atoms with Crippen molar-refractivity contribution in [2.45, 2.75) is 51.2 Å². The van der Waals surface area contributed by atoms with E-state index in [4.69, 9.17) is 16.3 Å². The molecule has 2 aliphatic heterocycles. The summed E-state index contributed by atoms with van der Waals surface area (Å²) in [7, 11) is 0. The summed E-state index contributed by atoms with van der Waals surface area (Å²) in [6.07, 6.45) is 17.0. The van der Waals surface area contributed by atoms with Gasteiger partial charge in [0.2, 0.25) is 0 Å². The van der Waals surface area contributed by atoms with Crippen LogP contribution in [0.15, 0.2) is 46.9 Å². The molecule has 3 nitrogen and oxygen atoms in total. The van der Waals surface area contributed by atoms with E-state index in [1.807, 2.05) is 6.08 Å². The van der Waals surface area contributed by atoms with Crippen LogP contribution in [0.3, 0.4) is 0 Å². The fraction of sp³-hybridized carbons (Fsp3) is 0.619. The highest BCUT2D eigenvalue weighted by molar-refractivity contribution is 6.31. The quantitative estimate of drug-likeness (QED) is 0.737. The second-order valence-electron chi connectivity index (χ2n) is 7.79. The lowest BCUT2D eigenvalue weighted by molar-refractivity contribution is 0.0411. The molecule has 2 fully saturated rings. The molecule has 2 atom stereocenters. The maximum atomic E-state index is 6.30. The Morgan fingerprint density at radius 2 is 1.96 bits per heavy atom. The van der Waals surface area contributed by atoms with Crippen LogP contribution in [0.1, 0.15) is 39.0 Å². The van der Waals surface area contributed by atoms with E-state index >= 15 is 0 Å². The van der Waals surface area contributed by atoms with E-state index in [0.29, 0.717) is 0 Å². The molecule has 4 rings (SSSR count). The Labute approximate surface area is 156 Å². The zero-order valence-corrected chi connectivity index (χ0v) is 15.9. The molecule has 0 amide bonds. The van der Waals surface area contributed by atoms with Crippen LogP contribution >= 0.6 is 11.6 Å². The van der Waals surface area contributed by atoms with Crippen molar-refractivity contribution in [1.29, 1.82) is 0 Å². The second-order valence-corrected chi connectivity index (χ2v) is 8.23. The Morgan fingerprint density at radius 3 is 2.80 bits per heavy atom. The normalized spacial score (nSPS) is 30.0. The molecule has 0 aromatic heterocycles. The standard InChI is InChI=1S/C21H29ClN2O/c1-16-9-13-23(14-10-16)11-4-12-24-18-5-2-3-6-20(18)25-21-8-7-17(22)15-19(21)24/h5-8,15-16,19,21H,2-4,9-14H2,1H3. The molecular formula is C21H29ClN2O. The van der Waals surface area contributed by atoms with Gasteiger partial charge in [0.15, 0.2) is 0 Å². The average molecular weight is 361 g/mol. The van der Waals surface area contributed by atoms with E-state index in [1.165, 1.54) is 44.6 Å². The minimum absolute atomic E-state index is 0.0832. The van der Waals surface area contributed by atoms with Crippen LogP contribution in [0.5, 0.6) is 0 Å². The fourth-order valence-electron chi connectivity index (χ4n) is 4.32. The van der Waals surface area contributed by atoms with Crippen molar-refractivity contribution in [3.05, 3.63) is 46.9 Å². The maximum Gasteiger partial charge on any atom is 0.141 e. The summed E-state index contributed by atoms with van der Waals surface area (Å²) in [4.78, 5) is 5.16. The molecule has 2 saturated heterocycles. The third-order valence-electron chi connectivity index (χ3n) is 5.88. The van der Waals surface area contributed by atoms with Crippen LogP contribution in [0.2, 0.25) is 0 Å². The molecule has 0 N–H and O–H groups in total. The molecule has 136 valence electrons. The minimum atomic E-state index is 0.0832. The van der Waals surface area contributed by atoms with Crippen LogP contribution in [-0.4, -0.2) is 48.1 Å². The van der Waals surface area contributed by atoms with Crippen LogP contribution < -0.4 is 0 Å². The Kier molecular flexibility index (Phi) is 5.23. The van der Waals surface area contributed by atoms with Crippen molar-refractivity contribution in [2.24, 2.45) is 5.92 Å². The predicted octanol–water partition coefficient (Wildman–Crippen LogP) is 4.43. The summed E-state index contributed by atoms with van der Waals surface area (Å²) in [6.45, 7) is 7.16.